The lowest BCUT2D eigenvalue weighted by atomic mass is 10.1. The fourth-order valence-electron chi connectivity index (χ4n) is 3.59. The average Bonchev–Trinajstić information content (AvgIpc) is 3.28. The van der Waals surface area contributed by atoms with Gasteiger partial charge in [0.15, 0.2) is 0 Å². The van der Waals surface area contributed by atoms with Crippen LogP contribution < -0.4 is 10.6 Å². The van der Waals surface area contributed by atoms with E-state index >= 15 is 0 Å². The molecule has 1 fully saturated rings. The van der Waals surface area contributed by atoms with Crippen LogP contribution >= 0.6 is 0 Å². The monoisotopic (exact) mass is 407 g/mol. The van der Waals surface area contributed by atoms with Crippen LogP contribution in [0.3, 0.4) is 0 Å². The Balaban J connectivity index is 1.53. The number of benzene rings is 2. The fraction of sp³-hybridized carbons (Fsp3) is 0.375. The predicted octanol–water partition coefficient (Wildman–Crippen LogP) is 3.14. The van der Waals surface area contributed by atoms with Gasteiger partial charge in [0.1, 0.15) is 6.04 Å². The summed E-state index contributed by atoms with van der Waals surface area (Å²) in [6, 6.07) is 15.8. The van der Waals surface area contributed by atoms with Crippen LogP contribution in [0.15, 0.2) is 54.6 Å². The Labute approximate surface area is 177 Å². The topological polar surface area (TPSA) is 78.5 Å². The molecule has 6 nitrogen and oxygen atoms in total. The highest BCUT2D eigenvalue weighted by Gasteiger charge is 2.34. The highest BCUT2D eigenvalue weighted by molar-refractivity contribution is 5.98. The zero-order valence-corrected chi connectivity index (χ0v) is 17.4. The van der Waals surface area contributed by atoms with Crippen molar-refractivity contribution >= 4 is 17.7 Å². The van der Waals surface area contributed by atoms with Crippen molar-refractivity contribution in [1.82, 2.24) is 15.5 Å². The third-order valence-corrected chi connectivity index (χ3v) is 5.34. The van der Waals surface area contributed by atoms with E-state index in [0.717, 1.165) is 24.8 Å². The van der Waals surface area contributed by atoms with E-state index < -0.39 is 6.04 Å². The summed E-state index contributed by atoms with van der Waals surface area (Å²) in [4.78, 5) is 39.2. The third kappa shape index (κ3) is 5.47. The number of amides is 3. The van der Waals surface area contributed by atoms with Crippen molar-refractivity contribution in [3.8, 4) is 0 Å². The highest BCUT2D eigenvalue weighted by Crippen LogP contribution is 2.20. The second kappa shape index (κ2) is 10.6. The molecule has 1 heterocycles. The molecular weight excluding hydrogens is 378 g/mol. The molecule has 0 aliphatic carbocycles. The maximum absolute atomic E-state index is 12.7. The molecule has 30 heavy (non-hydrogen) atoms. The Bertz CT molecular complexity index is 865. The second-order valence-corrected chi connectivity index (χ2v) is 7.55. The molecule has 0 saturated carbocycles. The molecule has 2 aromatic rings. The molecule has 0 aromatic heterocycles. The summed E-state index contributed by atoms with van der Waals surface area (Å²) in [6.07, 6.45) is 3.48. The van der Waals surface area contributed by atoms with E-state index in [1.807, 2.05) is 30.3 Å². The van der Waals surface area contributed by atoms with E-state index in [-0.39, 0.29) is 17.7 Å². The van der Waals surface area contributed by atoms with E-state index in [9.17, 15) is 14.4 Å². The summed E-state index contributed by atoms with van der Waals surface area (Å²) >= 11 is 0. The van der Waals surface area contributed by atoms with Gasteiger partial charge in [-0.15, -0.1) is 0 Å². The van der Waals surface area contributed by atoms with E-state index in [0.29, 0.717) is 37.2 Å². The smallest absolute Gasteiger partial charge is 0.254 e. The molecule has 1 aliphatic heterocycles. The number of rotatable bonds is 8. The summed E-state index contributed by atoms with van der Waals surface area (Å²) in [7, 11) is 0. The predicted molar refractivity (Wildman–Crippen MR) is 116 cm³/mol. The first kappa shape index (κ1) is 21.6. The van der Waals surface area contributed by atoms with Gasteiger partial charge in [-0.05, 0) is 49.1 Å². The van der Waals surface area contributed by atoms with Gasteiger partial charge >= 0.3 is 0 Å². The van der Waals surface area contributed by atoms with Gasteiger partial charge in [-0.25, -0.2) is 0 Å². The summed E-state index contributed by atoms with van der Waals surface area (Å²) in [5, 5.41) is 5.82. The van der Waals surface area contributed by atoms with Gasteiger partial charge in [-0.1, -0.05) is 43.7 Å². The summed E-state index contributed by atoms with van der Waals surface area (Å²) in [6.45, 7) is 3.71. The van der Waals surface area contributed by atoms with Crippen molar-refractivity contribution in [1.29, 1.82) is 0 Å². The van der Waals surface area contributed by atoms with Crippen LogP contribution in [-0.4, -0.2) is 41.8 Å². The van der Waals surface area contributed by atoms with Crippen LogP contribution in [0.2, 0.25) is 0 Å². The van der Waals surface area contributed by atoms with E-state index in [4.69, 9.17) is 0 Å². The van der Waals surface area contributed by atoms with Crippen LogP contribution in [0, 0.1) is 0 Å². The lowest BCUT2D eigenvalue weighted by Crippen LogP contribution is -2.45. The maximum Gasteiger partial charge on any atom is 0.254 e. The van der Waals surface area contributed by atoms with Crippen molar-refractivity contribution < 1.29 is 14.4 Å². The van der Waals surface area contributed by atoms with Crippen molar-refractivity contribution in [2.75, 3.05) is 13.1 Å². The summed E-state index contributed by atoms with van der Waals surface area (Å²) in [5.74, 6) is -0.329. The summed E-state index contributed by atoms with van der Waals surface area (Å²) in [5.41, 5.74) is 2.12. The molecule has 0 bridgehead atoms. The largest absolute Gasteiger partial charge is 0.352 e. The molecule has 3 amide bonds. The molecule has 3 rings (SSSR count). The number of hydrogen-bond donors (Lipinski definition) is 2. The molecule has 158 valence electrons. The molecular formula is C24H29N3O3. The maximum atomic E-state index is 12.7. The van der Waals surface area contributed by atoms with Gasteiger partial charge in [0.25, 0.3) is 11.8 Å². The first-order valence-corrected chi connectivity index (χ1v) is 10.6. The standard InChI is InChI=1S/C24H29N3O3/c1-2-3-15-25-22(28)19-13-11-18(12-14-19)17-26-23(29)21-10-7-16-27(21)24(30)20-8-5-4-6-9-20/h4-6,8-9,11-14,21H,2-3,7,10,15-17H2,1H3,(H,25,28)(H,26,29). The van der Waals surface area contributed by atoms with Crippen LogP contribution in [-0.2, 0) is 11.3 Å². The van der Waals surface area contributed by atoms with Crippen molar-refractivity contribution in [2.24, 2.45) is 0 Å². The number of nitrogens with one attached hydrogen (secondary N) is 2. The van der Waals surface area contributed by atoms with Gasteiger partial charge in [-0.3, -0.25) is 14.4 Å². The number of carbonyl (C=O) groups excluding carboxylic acids is 3. The number of nitrogens with zero attached hydrogens (tertiary/aromatic N) is 1. The van der Waals surface area contributed by atoms with E-state index in [1.54, 1.807) is 29.2 Å². The SMILES string of the molecule is CCCCNC(=O)c1ccc(CNC(=O)C2CCCN2C(=O)c2ccccc2)cc1. The Morgan fingerprint density at radius 1 is 0.967 bits per heavy atom. The first-order valence-electron chi connectivity index (χ1n) is 10.6. The Kier molecular flexibility index (Phi) is 7.60. The molecule has 0 spiro atoms. The number of likely N-dealkylation sites (tertiary alicyclic amines) is 1. The van der Waals surface area contributed by atoms with Gasteiger partial charge < -0.3 is 15.5 Å². The van der Waals surface area contributed by atoms with Crippen LogP contribution in [0.25, 0.3) is 0 Å². The minimum Gasteiger partial charge on any atom is -0.352 e. The minimum atomic E-state index is -0.443. The number of unbranched alkanes of at least 4 members (excludes halogenated alkanes) is 1. The molecule has 0 radical (unpaired) electrons. The Hall–Kier alpha value is -3.15. The highest BCUT2D eigenvalue weighted by atomic mass is 16.2. The fourth-order valence-corrected chi connectivity index (χ4v) is 3.59. The molecule has 6 heteroatoms. The molecule has 2 aromatic carbocycles. The molecule has 1 atom stereocenters. The third-order valence-electron chi connectivity index (χ3n) is 5.34. The van der Waals surface area contributed by atoms with Gasteiger partial charge in [0.05, 0.1) is 0 Å². The average molecular weight is 408 g/mol. The lowest BCUT2D eigenvalue weighted by molar-refractivity contribution is -0.125. The zero-order valence-electron chi connectivity index (χ0n) is 17.4. The van der Waals surface area contributed by atoms with Crippen LogP contribution in [0.1, 0.15) is 58.9 Å². The molecule has 1 unspecified atom stereocenters. The number of hydrogen-bond acceptors (Lipinski definition) is 3. The summed E-state index contributed by atoms with van der Waals surface area (Å²) < 4.78 is 0. The van der Waals surface area contributed by atoms with Crippen LogP contribution in [0.5, 0.6) is 0 Å². The van der Waals surface area contributed by atoms with Crippen LogP contribution in [0.4, 0.5) is 0 Å². The van der Waals surface area contributed by atoms with Crippen molar-refractivity contribution in [3.05, 3.63) is 71.3 Å². The molecule has 1 saturated heterocycles. The van der Waals surface area contributed by atoms with Gasteiger partial charge in [0, 0.05) is 30.8 Å². The lowest BCUT2D eigenvalue weighted by Gasteiger charge is -2.24. The zero-order chi connectivity index (χ0) is 21.3. The Morgan fingerprint density at radius 2 is 1.70 bits per heavy atom. The normalized spacial score (nSPS) is 15.6. The minimum absolute atomic E-state index is 0.0833. The van der Waals surface area contributed by atoms with E-state index in [2.05, 4.69) is 17.6 Å². The first-order chi connectivity index (χ1) is 14.6. The number of carbonyl (C=O) groups is 3. The van der Waals surface area contributed by atoms with E-state index in [1.165, 1.54) is 0 Å². The molecule has 1 aliphatic rings. The van der Waals surface area contributed by atoms with Crippen molar-refractivity contribution in [3.63, 3.8) is 0 Å². The van der Waals surface area contributed by atoms with Gasteiger partial charge in [-0.2, -0.15) is 0 Å². The molecule has 2 N–H and O–H groups in total. The van der Waals surface area contributed by atoms with Crippen molar-refractivity contribution in [2.45, 2.75) is 45.2 Å². The van der Waals surface area contributed by atoms with Gasteiger partial charge in [0.2, 0.25) is 5.91 Å². The Morgan fingerprint density at radius 3 is 2.40 bits per heavy atom. The second-order valence-electron chi connectivity index (χ2n) is 7.55. The quantitative estimate of drug-likeness (QED) is 0.660.